The maximum absolute atomic E-state index is 13.9. The second kappa shape index (κ2) is 8.72. The van der Waals surface area contributed by atoms with Crippen LogP contribution in [0, 0.1) is 0 Å². The molecule has 2 aromatic carbocycles. The summed E-state index contributed by atoms with van der Waals surface area (Å²) in [5.41, 5.74) is 2.74. The molecule has 0 saturated heterocycles. The van der Waals surface area contributed by atoms with E-state index in [9.17, 15) is 19.2 Å². The molecule has 182 valence electrons. The fraction of sp³-hybridized carbons (Fsp3) is 0.192. The first kappa shape index (κ1) is 23.4. The summed E-state index contributed by atoms with van der Waals surface area (Å²) in [5.74, 6) is -1.42. The van der Waals surface area contributed by atoms with Crippen molar-refractivity contribution in [3.8, 4) is 0 Å². The molecule has 0 bridgehead atoms. The highest BCUT2D eigenvalue weighted by Gasteiger charge is 2.36. The number of thiazole rings is 1. The SMILES string of the molecule is COC(=O)C1=C(C)N=c2sc(=C3C(=O)N(C)c4ccccc43)c(=O)n2C1c1ccc(C(=O)OC)cc1. The van der Waals surface area contributed by atoms with E-state index in [1.54, 1.807) is 44.3 Å². The molecule has 9 nitrogen and oxygen atoms in total. The molecular formula is C26H21N3O6S. The van der Waals surface area contributed by atoms with Crippen LogP contribution in [0.4, 0.5) is 5.69 Å². The maximum atomic E-state index is 13.9. The molecule has 0 radical (unpaired) electrons. The van der Waals surface area contributed by atoms with Gasteiger partial charge in [0.15, 0.2) is 4.80 Å². The van der Waals surface area contributed by atoms with Gasteiger partial charge < -0.3 is 14.4 Å². The second-order valence-corrected chi connectivity index (χ2v) is 9.24. The van der Waals surface area contributed by atoms with E-state index in [-0.39, 0.29) is 16.0 Å². The molecule has 10 heteroatoms. The highest BCUT2D eigenvalue weighted by atomic mass is 32.1. The number of rotatable bonds is 3. The summed E-state index contributed by atoms with van der Waals surface area (Å²) in [6, 6.07) is 12.8. The maximum Gasteiger partial charge on any atom is 0.338 e. The highest BCUT2D eigenvalue weighted by molar-refractivity contribution is 7.07. The smallest absolute Gasteiger partial charge is 0.338 e. The Kier molecular flexibility index (Phi) is 5.68. The number of fused-ring (bicyclic) bond motifs is 2. The zero-order valence-electron chi connectivity index (χ0n) is 19.9. The van der Waals surface area contributed by atoms with Gasteiger partial charge in [-0.2, -0.15) is 0 Å². The Morgan fingerprint density at radius 3 is 2.31 bits per heavy atom. The Bertz CT molecular complexity index is 1660. The lowest BCUT2D eigenvalue weighted by atomic mass is 9.95. The van der Waals surface area contributed by atoms with E-state index in [4.69, 9.17) is 9.47 Å². The number of carbonyl (C=O) groups excluding carboxylic acids is 3. The van der Waals surface area contributed by atoms with Crippen LogP contribution in [0.15, 0.2) is 69.6 Å². The van der Waals surface area contributed by atoms with Crippen molar-refractivity contribution in [1.29, 1.82) is 0 Å². The minimum atomic E-state index is -0.862. The number of benzene rings is 2. The summed E-state index contributed by atoms with van der Waals surface area (Å²) in [6.45, 7) is 1.67. The van der Waals surface area contributed by atoms with Gasteiger partial charge in [-0.25, -0.2) is 14.6 Å². The van der Waals surface area contributed by atoms with Crippen LogP contribution < -0.4 is 19.8 Å². The zero-order valence-corrected chi connectivity index (χ0v) is 20.7. The molecular weight excluding hydrogens is 482 g/mol. The van der Waals surface area contributed by atoms with Gasteiger partial charge in [0, 0.05) is 12.6 Å². The number of hydrogen-bond acceptors (Lipinski definition) is 8. The van der Waals surface area contributed by atoms with Gasteiger partial charge in [0.05, 0.1) is 48.4 Å². The summed E-state index contributed by atoms with van der Waals surface area (Å²) in [4.78, 5) is 58.2. The predicted octanol–water partition coefficient (Wildman–Crippen LogP) is 1.54. The number of likely N-dealkylation sites (N-methyl/N-ethyl adjacent to an activating group) is 1. The molecule has 1 aromatic heterocycles. The summed E-state index contributed by atoms with van der Waals surface area (Å²) < 4.78 is 11.4. The minimum Gasteiger partial charge on any atom is -0.466 e. The number of anilines is 1. The van der Waals surface area contributed by atoms with Gasteiger partial charge in [0.25, 0.3) is 11.5 Å². The minimum absolute atomic E-state index is 0.197. The molecule has 0 saturated carbocycles. The van der Waals surface area contributed by atoms with Crippen LogP contribution in [0.5, 0.6) is 0 Å². The number of methoxy groups -OCH3 is 2. The average Bonchev–Trinajstić information content (AvgIpc) is 3.34. The van der Waals surface area contributed by atoms with E-state index < -0.39 is 23.5 Å². The molecule has 2 aliphatic rings. The standard InChI is InChI=1S/C26H21N3O6S/c1-13-18(25(33)35-4)20(14-9-11-15(12-10-14)24(32)34-3)29-23(31)21(36-26(29)27-13)19-16-7-5-6-8-17(16)28(2)22(19)30/h5-12,20H,1-4H3. The van der Waals surface area contributed by atoms with Crippen LogP contribution in [-0.4, -0.2) is 43.7 Å². The number of hydrogen-bond donors (Lipinski definition) is 0. The first-order valence-electron chi connectivity index (χ1n) is 11.0. The molecule has 0 aliphatic carbocycles. The summed E-state index contributed by atoms with van der Waals surface area (Å²) in [6.07, 6.45) is 0. The number of aromatic nitrogens is 1. The van der Waals surface area contributed by atoms with Gasteiger partial charge in [0.1, 0.15) is 4.53 Å². The van der Waals surface area contributed by atoms with Crippen molar-refractivity contribution in [2.75, 3.05) is 26.2 Å². The molecule has 36 heavy (non-hydrogen) atoms. The lowest BCUT2D eigenvalue weighted by molar-refractivity contribution is -0.136. The number of nitrogens with zero attached hydrogens (tertiary/aromatic N) is 3. The lowest BCUT2D eigenvalue weighted by Crippen LogP contribution is -2.40. The van der Waals surface area contributed by atoms with Crippen molar-refractivity contribution in [3.05, 3.63) is 96.2 Å². The van der Waals surface area contributed by atoms with Gasteiger partial charge in [-0.3, -0.25) is 14.2 Å². The van der Waals surface area contributed by atoms with Gasteiger partial charge in [-0.15, -0.1) is 0 Å². The van der Waals surface area contributed by atoms with Crippen molar-refractivity contribution in [1.82, 2.24) is 4.57 Å². The van der Waals surface area contributed by atoms with Gasteiger partial charge in [-0.1, -0.05) is 41.7 Å². The Labute approximate surface area is 209 Å². The summed E-state index contributed by atoms with van der Waals surface area (Å²) in [7, 11) is 4.21. The number of para-hydroxylation sites is 1. The van der Waals surface area contributed by atoms with Crippen LogP contribution in [0.3, 0.4) is 0 Å². The van der Waals surface area contributed by atoms with Crippen LogP contribution in [0.2, 0.25) is 0 Å². The fourth-order valence-corrected chi connectivity index (χ4v) is 5.70. The molecule has 1 amide bonds. The van der Waals surface area contributed by atoms with E-state index in [1.807, 2.05) is 18.2 Å². The van der Waals surface area contributed by atoms with E-state index in [0.717, 1.165) is 11.3 Å². The van der Waals surface area contributed by atoms with Crippen molar-refractivity contribution in [2.24, 2.45) is 4.99 Å². The molecule has 3 heterocycles. The Morgan fingerprint density at radius 1 is 0.972 bits per heavy atom. The molecule has 0 N–H and O–H groups in total. The normalized spacial score (nSPS) is 17.9. The monoisotopic (exact) mass is 503 g/mol. The van der Waals surface area contributed by atoms with Gasteiger partial charge in [-0.05, 0) is 30.7 Å². The molecule has 2 aliphatic heterocycles. The topological polar surface area (TPSA) is 107 Å². The molecule has 0 spiro atoms. The number of carbonyl (C=O) groups is 3. The molecule has 0 fully saturated rings. The molecule has 5 rings (SSSR count). The second-order valence-electron chi connectivity index (χ2n) is 8.26. The van der Waals surface area contributed by atoms with Crippen molar-refractivity contribution >= 4 is 40.4 Å². The molecule has 1 atom stereocenters. The van der Waals surface area contributed by atoms with E-state index >= 15 is 0 Å². The average molecular weight is 504 g/mol. The molecule has 3 aromatic rings. The third-order valence-electron chi connectivity index (χ3n) is 6.33. The summed E-state index contributed by atoms with van der Waals surface area (Å²) >= 11 is 1.10. The van der Waals surface area contributed by atoms with Crippen molar-refractivity contribution < 1.29 is 23.9 Å². The van der Waals surface area contributed by atoms with Crippen LogP contribution in [0.25, 0.3) is 5.57 Å². The lowest BCUT2D eigenvalue weighted by Gasteiger charge is -2.24. The van der Waals surface area contributed by atoms with E-state index in [1.165, 1.54) is 23.7 Å². The highest BCUT2D eigenvalue weighted by Crippen LogP contribution is 2.34. The van der Waals surface area contributed by atoms with Crippen LogP contribution >= 0.6 is 11.3 Å². The number of allylic oxidation sites excluding steroid dienone is 1. The fourth-order valence-electron chi connectivity index (χ4n) is 4.57. The van der Waals surface area contributed by atoms with E-state index in [0.29, 0.717) is 38.4 Å². The molecule has 1 unspecified atom stereocenters. The zero-order chi connectivity index (χ0) is 25.7. The first-order chi connectivity index (χ1) is 17.3. The Hall–Kier alpha value is -4.31. The first-order valence-corrected chi connectivity index (χ1v) is 11.8. The quantitative estimate of drug-likeness (QED) is 0.502. The Morgan fingerprint density at radius 2 is 1.64 bits per heavy atom. The van der Waals surface area contributed by atoms with Crippen molar-refractivity contribution in [2.45, 2.75) is 13.0 Å². The third kappa shape index (κ3) is 3.41. The predicted molar refractivity (Wildman–Crippen MR) is 132 cm³/mol. The largest absolute Gasteiger partial charge is 0.466 e. The van der Waals surface area contributed by atoms with E-state index in [2.05, 4.69) is 4.99 Å². The number of ether oxygens (including phenoxy) is 2. The third-order valence-corrected chi connectivity index (χ3v) is 7.38. The Balaban J connectivity index is 1.80. The van der Waals surface area contributed by atoms with Crippen LogP contribution in [0.1, 0.15) is 34.5 Å². The summed E-state index contributed by atoms with van der Waals surface area (Å²) in [5, 5.41) is 0. The van der Waals surface area contributed by atoms with Crippen LogP contribution in [-0.2, 0) is 19.1 Å². The number of amides is 1. The van der Waals surface area contributed by atoms with Gasteiger partial charge >= 0.3 is 11.9 Å². The number of esters is 2. The van der Waals surface area contributed by atoms with Gasteiger partial charge in [0.2, 0.25) is 0 Å². The van der Waals surface area contributed by atoms with Crippen molar-refractivity contribution in [3.63, 3.8) is 0 Å².